The highest BCUT2D eigenvalue weighted by Gasteiger charge is 2.11. The summed E-state index contributed by atoms with van der Waals surface area (Å²) in [5, 5.41) is 6.07. The fourth-order valence-electron chi connectivity index (χ4n) is 1.52. The molecule has 1 unspecified atom stereocenters. The van der Waals surface area contributed by atoms with Crippen LogP contribution in [0.1, 0.15) is 23.7 Å². The molecule has 17 heavy (non-hydrogen) atoms. The molecule has 0 heterocycles. The van der Waals surface area contributed by atoms with Gasteiger partial charge in [0.1, 0.15) is 0 Å². The molecule has 0 fully saturated rings. The van der Waals surface area contributed by atoms with Crippen LogP contribution < -0.4 is 10.6 Å². The number of hydrogen-bond donors (Lipinski definition) is 2. The van der Waals surface area contributed by atoms with E-state index in [2.05, 4.69) is 23.8 Å². The monoisotopic (exact) mass is 252 g/mol. The molecule has 0 saturated heterocycles. The molecule has 1 atom stereocenters. The minimum Gasteiger partial charge on any atom is -0.388 e. The Morgan fingerprint density at radius 3 is 2.47 bits per heavy atom. The first-order valence-electron chi connectivity index (χ1n) is 5.78. The summed E-state index contributed by atoms with van der Waals surface area (Å²) in [6.45, 7) is 2.09. The number of benzene rings is 1. The Kier molecular flexibility index (Phi) is 5.91. The predicted octanol–water partition coefficient (Wildman–Crippen LogP) is 2.60. The topological polar surface area (TPSA) is 41.1 Å². The Hall–Kier alpha value is -1.16. The molecule has 0 bridgehead atoms. The second-order valence-electron chi connectivity index (χ2n) is 3.86. The molecule has 1 aromatic carbocycles. The Labute approximate surface area is 107 Å². The van der Waals surface area contributed by atoms with Crippen LogP contribution in [0.2, 0.25) is 0 Å². The average molecular weight is 252 g/mol. The minimum absolute atomic E-state index is 0.00792. The fraction of sp³-hybridized carbons (Fsp3) is 0.462. The van der Waals surface area contributed by atoms with Crippen molar-refractivity contribution in [3.63, 3.8) is 0 Å². The van der Waals surface area contributed by atoms with Gasteiger partial charge in [0.2, 0.25) is 0 Å². The Morgan fingerprint density at radius 1 is 1.35 bits per heavy atom. The Bertz CT molecular complexity index is 351. The van der Waals surface area contributed by atoms with Crippen LogP contribution in [-0.4, -0.2) is 31.0 Å². The molecule has 0 spiro atoms. The maximum Gasteiger partial charge on any atom is 0.251 e. The van der Waals surface area contributed by atoms with Crippen LogP contribution in [0.4, 0.5) is 5.69 Å². The van der Waals surface area contributed by atoms with Crippen LogP contribution in [-0.2, 0) is 0 Å². The van der Waals surface area contributed by atoms with Gasteiger partial charge in [-0.3, -0.25) is 4.79 Å². The normalized spacial score (nSPS) is 11.9. The van der Waals surface area contributed by atoms with E-state index >= 15 is 0 Å². The van der Waals surface area contributed by atoms with Crippen molar-refractivity contribution >= 4 is 23.4 Å². The third-order valence-electron chi connectivity index (χ3n) is 2.63. The maximum atomic E-state index is 11.9. The molecule has 4 heteroatoms. The van der Waals surface area contributed by atoms with Crippen LogP contribution in [0, 0.1) is 0 Å². The predicted molar refractivity (Wildman–Crippen MR) is 75.9 cm³/mol. The number of rotatable bonds is 6. The van der Waals surface area contributed by atoms with E-state index in [0.29, 0.717) is 5.56 Å². The molecule has 0 radical (unpaired) electrons. The van der Waals surface area contributed by atoms with Gasteiger partial charge in [0.15, 0.2) is 0 Å². The fourth-order valence-corrected chi connectivity index (χ4v) is 2.24. The molecule has 0 aromatic heterocycles. The van der Waals surface area contributed by atoms with Crippen molar-refractivity contribution in [3.8, 4) is 0 Å². The summed E-state index contributed by atoms with van der Waals surface area (Å²) in [6.07, 6.45) is 3.01. The Morgan fingerprint density at radius 2 is 2.00 bits per heavy atom. The van der Waals surface area contributed by atoms with Crippen LogP contribution in [0.3, 0.4) is 0 Å². The highest BCUT2D eigenvalue weighted by Crippen LogP contribution is 2.09. The molecule has 1 rings (SSSR count). The lowest BCUT2D eigenvalue weighted by molar-refractivity contribution is 0.0940. The highest BCUT2D eigenvalue weighted by atomic mass is 32.2. The van der Waals surface area contributed by atoms with Crippen molar-refractivity contribution < 1.29 is 4.79 Å². The van der Waals surface area contributed by atoms with Gasteiger partial charge in [0, 0.05) is 30.1 Å². The van der Waals surface area contributed by atoms with Crippen molar-refractivity contribution in [1.29, 1.82) is 0 Å². The van der Waals surface area contributed by atoms with E-state index in [9.17, 15) is 4.79 Å². The molecule has 0 aliphatic heterocycles. The van der Waals surface area contributed by atoms with Crippen LogP contribution in [0.15, 0.2) is 24.3 Å². The summed E-state index contributed by atoms with van der Waals surface area (Å²) in [6, 6.07) is 7.75. The van der Waals surface area contributed by atoms with Crippen molar-refractivity contribution in [2.24, 2.45) is 0 Å². The molecule has 1 aromatic rings. The van der Waals surface area contributed by atoms with E-state index in [1.54, 1.807) is 11.8 Å². The summed E-state index contributed by atoms with van der Waals surface area (Å²) in [5.74, 6) is 0.963. The van der Waals surface area contributed by atoms with Gasteiger partial charge < -0.3 is 10.6 Å². The van der Waals surface area contributed by atoms with Gasteiger partial charge in [-0.25, -0.2) is 0 Å². The van der Waals surface area contributed by atoms with Gasteiger partial charge in [-0.05, 0) is 36.9 Å². The van der Waals surface area contributed by atoms with Crippen LogP contribution >= 0.6 is 11.8 Å². The van der Waals surface area contributed by atoms with Gasteiger partial charge in [-0.1, -0.05) is 6.92 Å². The first-order chi connectivity index (χ1) is 8.21. The molecule has 94 valence electrons. The summed E-state index contributed by atoms with van der Waals surface area (Å²) in [7, 11) is 1.86. The van der Waals surface area contributed by atoms with Gasteiger partial charge in [0.05, 0.1) is 0 Å². The second kappa shape index (κ2) is 7.22. The first kappa shape index (κ1) is 13.9. The van der Waals surface area contributed by atoms with E-state index in [0.717, 1.165) is 17.9 Å². The average Bonchev–Trinajstić information content (AvgIpc) is 2.38. The van der Waals surface area contributed by atoms with Crippen LogP contribution in [0.25, 0.3) is 0 Å². The molecule has 0 aliphatic carbocycles. The summed E-state index contributed by atoms with van der Waals surface area (Å²) in [4.78, 5) is 11.9. The van der Waals surface area contributed by atoms with E-state index in [1.165, 1.54) is 0 Å². The summed E-state index contributed by atoms with van der Waals surface area (Å²) < 4.78 is 0. The van der Waals surface area contributed by atoms with Crippen molar-refractivity contribution in [1.82, 2.24) is 5.32 Å². The van der Waals surface area contributed by atoms with Crippen LogP contribution in [0.5, 0.6) is 0 Å². The SMILES string of the molecule is CCC(CSC)NC(=O)c1ccc(NC)cc1. The third-order valence-corrected chi connectivity index (χ3v) is 3.37. The number of carbonyl (C=O) groups excluding carboxylic acids is 1. The first-order valence-corrected chi connectivity index (χ1v) is 7.18. The third kappa shape index (κ3) is 4.30. The lowest BCUT2D eigenvalue weighted by Crippen LogP contribution is -2.36. The zero-order valence-electron chi connectivity index (χ0n) is 10.6. The lowest BCUT2D eigenvalue weighted by atomic mass is 10.1. The van der Waals surface area contributed by atoms with Crippen molar-refractivity contribution in [3.05, 3.63) is 29.8 Å². The van der Waals surface area contributed by atoms with E-state index in [-0.39, 0.29) is 11.9 Å². The number of hydrogen-bond acceptors (Lipinski definition) is 3. The zero-order valence-corrected chi connectivity index (χ0v) is 11.4. The van der Waals surface area contributed by atoms with E-state index in [1.807, 2.05) is 31.3 Å². The largest absolute Gasteiger partial charge is 0.388 e. The minimum atomic E-state index is 0.00792. The number of carbonyl (C=O) groups is 1. The molecular weight excluding hydrogens is 232 g/mol. The van der Waals surface area contributed by atoms with Crippen molar-refractivity contribution in [2.75, 3.05) is 24.4 Å². The molecule has 0 aliphatic rings. The molecule has 2 N–H and O–H groups in total. The quantitative estimate of drug-likeness (QED) is 0.817. The molecule has 0 saturated carbocycles. The number of amides is 1. The number of nitrogens with one attached hydrogen (secondary N) is 2. The van der Waals surface area contributed by atoms with Gasteiger partial charge in [-0.2, -0.15) is 11.8 Å². The Balaban J connectivity index is 2.62. The maximum absolute atomic E-state index is 11.9. The molecule has 1 amide bonds. The van der Waals surface area contributed by atoms with Gasteiger partial charge >= 0.3 is 0 Å². The summed E-state index contributed by atoms with van der Waals surface area (Å²) >= 11 is 1.75. The van der Waals surface area contributed by atoms with E-state index < -0.39 is 0 Å². The van der Waals surface area contributed by atoms with Crippen molar-refractivity contribution in [2.45, 2.75) is 19.4 Å². The smallest absolute Gasteiger partial charge is 0.251 e. The summed E-state index contributed by atoms with van der Waals surface area (Å²) in [5.41, 5.74) is 1.72. The molecular formula is C13H20N2OS. The van der Waals surface area contributed by atoms with Gasteiger partial charge in [0.25, 0.3) is 5.91 Å². The second-order valence-corrected chi connectivity index (χ2v) is 4.77. The lowest BCUT2D eigenvalue weighted by Gasteiger charge is -2.15. The number of thioether (sulfide) groups is 1. The van der Waals surface area contributed by atoms with E-state index in [4.69, 9.17) is 0 Å². The highest BCUT2D eigenvalue weighted by molar-refractivity contribution is 7.98. The van der Waals surface area contributed by atoms with Gasteiger partial charge in [-0.15, -0.1) is 0 Å². The standard InChI is InChI=1S/C13H20N2OS/c1-4-11(9-17-3)15-13(16)10-5-7-12(14-2)8-6-10/h5-8,11,14H,4,9H2,1-3H3,(H,15,16). The molecule has 3 nitrogen and oxygen atoms in total. The number of anilines is 1. The zero-order chi connectivity index (χ0) is 12.7.